The van der Waals surface area contributed by atoms with Crippen LogP contribution in [0, 0.1) is 0 Å². The van der Waals surface area contributed by atoms with E-state index in [0.29, 0.717) is 6.07 Å². The van der Waals surface area contributed by atoms with Gasteiger partial charge in [0.2, 0.25) is 0 Å². The van der Waals surface area contributed by atoms with Gasteiger partial charge >= 0.3 is 12.5 Å². The number of hydrogen-bond donors (Lipinski definition) is 0. The molecule has 0 amide bonds. The van der Waals surface area contributed by atoms with Gasteiger partial charge in [0.15, 0.2) is 6.23 Å². The summed E-state index contributed by atoms with van der Waals surface area (Å²) in [6.45, 7) is 1.21. The average molecular weight is 314 g/mol. The first-order chi connectivity index (χ1) is 9.63. The summed E-state index contributed by atoms with van der Waals surface area (Å²) >= 11 is 0. The summed E-state index contributed by atoms with van der Waals surface area (Å²) in [4.78, 5) is 5.12. The lowest BCUT2D eigenvalue weighted by Crippen LogP contribution is -2.39. The Morgan fingerprint density at radius 2 is 1.86 bits per heavy atom. The van der Waals surface area contributed by atoms with Crippen LogP contribution in [-0.4, -0.2) is 29.5 Å². The highest BCUT2D eigenvalue weighted by atomic mass is 19.4. The van der Waals surface area contributed by atoms with Gasteiger partial charge in [-0.25, -0.2) is 0 Å². The van der Waals surface area contributed by atoms with Crippen LogP contribution >= 0.6 is 0 Å². The van der Waals surface area contributed by atoms with Gasteiger partial charge in [-0.3, -0.25) is 4.84 Å². The number of hydrogen-bond acceptors (Lipinski definition) is 3. The molecular weight excluding hydrogens is 302 g/mol. The number of halogens is 6. The third-order valence-corrected chi connectivity index (χ3v) is 3.02. The summed E-state index contributed by atoms with van der Waals surface area (Å²) in [5, 5.41) is 1.04. The van der Waals surface area contributed by atoms with E-state index in [1.165, 1.54) is 6.07 Å². The highest BCUT2D eigenvalue weighted by Crippen LogP contribution is 2.39. The van der Waals surface area contributed by atoms with Crippen molar-refractivity contribution in [3.05, 3.63) is 35.4 Å². The largest absolute Gasteiger partial charge is 0.463 e. The molecule has 1 atom stereocenters. The smallest absolute Gasteiger partial charge is 0.273 e. The fraction of sp³-hybridized carbons (Fsp3) is 0.500. The van der Waals surface area contributed by atoms with E-state index < -0.39 is 30.9 Å². The molecule has 0 spiro atoms. The lowest BCUT2D eigenvalue weighted by molar-refractivity contribution is -0.268. The number of hydroxylamine groups is 2. The number of nitrogens with zero attached hydrogens (tertiary/aromatic N) is 2. The third-order valence-electron chi connectivity index (χ3n) is 3.02. The first-order valence-electron chi connectivity index (χ1n) is 6.05. The number of benzene rings is 1. The van der Waals surface area contributed by atoms with Crippen molar-refractivity contribution in [3.8, 4) is 0 Å². The van der Waals surface area contributed by atoms with Gasteiger partial charge in [-0.1, -0.05) is 19.1 Å². The van der Waals surface area contributed by atoms with Crippen molar-refractivity contribution < 1.29 is 31.2 Å². The molecule has 1 aromatic rings. The van der Waals surface area contributed by atoms with Crippen molar-refractivity contribution in [2.24, 2.45) is 0 Å². The maximum atomic E-state index is 12.9. The fourth-order valence-electron chi connectivity index (χ4n) is 1.97. The van der Waals surface area contributed by atoms with E-state index in [4.69, 9.17) is 4.84 Å². The summed E-state index contributed by atoms with van der Waals surface area (Å²) in [6, 6.07) is 3.71. The molecule has 0 aromatic heterocycles. The number of alkyl halides is 6. The minimum absolute atomic E-state index is 0.0476. The highest BCUT2D eigenvalue weighted by molar-refractivity contribution is 5.27. The summed E-state index contributed by atoms with van der Waals surface area (Å²) in [6.07, 6.45) is -10.9. The second-order valence-corrected chi connectivity index (χ2v) is 4.46. The van der Waals surface area contributed by atoms with Crippen LogP contribution < -0.4 is 0 Å². The zero-order chi connectivity index (χ0) is 15.8. The van der Waals surface area contributed by atoms with E-state index >= 15 is 0 Å². The van der Waals surface area contributed by atoms with Gasteiger partial charge in [0.25, 0.3) is 0 Å². The zero-order valence-electron chi connectivity index (χ0n) is 10.9. The van der Waals surface area contributed by atoms with E-state index in [2.05, 4.69) is 0 Å². The quantitative estimate of drug-likeness (QED) is 0.611. The normalized spacial score (nSPS) is 22.0. The van der Waals surface area contributed by atoms with Crippen molar-refractivity contribution in [1.82, 2.24) is 9.96 Å². The molecule has 0 bridgehead atoms. The molecule has 3 nitrogen and oxygen atoms in total. The average Bonchev–Trinajstić information content (AvgIpc) is 2.82. The zero-order valence-corrected chi connectivity index (χ0v) is 10.9. The summed E-state index contributed by atoms with van der Waals surface area (Å²) in [7, 11) is 0. The van der Waals surface area contributed by atoms with Crippen molar-refractivity contribution in [2.75, 3.05) is 13.2 Å². The summed E-state index contributed by atoms with van der Waals surface area (Å²) < 4.78 is 76.7. The SMILES string of the molecule is CCN1CN(C(F)(F)F)C(c2cccc(C(F)(F)F)c2)O1. The molecular formula is C12H12F6N2O. The lowest BCUT2D eigenvalue weighted by Gasteiger charge is -2.24. The van der Waals surface area contributed by atoms with Crippen molar-refractivity contribution in [1.29, 1.82) is 0 Å². The Balaban J connectivity index is 2.35. The van der Waals surface area contributed by atoms with Gasteiger partial charge in [0, 0.05) is 6.54 Å². The molecule has 1 heterocycles. The first-order valence-corrected chi connectivity index (χ1v) is 6.05. The first kappa shape index (κ1) is 16.1. The van der Waals surface area contributed by atoms with Crippen molar-refractivity contribution in [3.63, 3.8) is 0 Å². The third kappa shape index (κ3) is 3.47. The molecule has 1 aliphatic rings. The van der Waals surface area contributed by atoms with Gasteiger partial charge in [0.1, 0.15) is 0 Å². The minimum Gasteiger partial charge on any atom is -0.273 e. The minimum atomic E-state index is -4.71. The lowest BCUT2D eigenvalue weighted by atomic mass is 10.1. The molecule has 118 valence electrons. The predicted octanol–water partition coefficient (Wildman–Crippen LogP) is 3.75. The van der Waals surface area contributed by atoms with E-state index in [1.54, 1.807) is 6.92 Å². The Morgan fingerprint density at radius 3 is 2.38 bits per heavy atom. The van der Waals surface area contributed by atoms with Crippen LogP contribution in [-0.2, 0) is 11.0 Å². The maximum Gasteiger partial charge on any atom is 0.463 e. The Hall–Kier alpha value is -1.32. The topological polar surface area (TPSA) is 15.7 Å². The van der Waals surface area contributed by atoms with Crippen LogP contribution in [0.4, 0.5) is 26.3 Å². The Bertz CT molecular complexity index is 501. The second kappa shape index (κ2) is 5.47. The van der Waals surface area contributed by atoms with Crippen LogP contribution in [0.25, 0.3) is 0 Å². The van der Waals surface area contributed by atoms with Crippen LogP contribution in [0.2, 0.25) is 0 Å². The van der Waals surface area contributed by atoms with Gasteiger partial charge in [-0.2, -0.15) is 36.3 Å². The highest BCUT2D eigenvalue weighted by Gasteiger charge is 2.49. The van der Waals surface area contributed by atoms with E-state index in [9.17, 15) is 26.3 Å². The second-order valence-electron chi connectivity index (χ2n) is 4.46. The fourth-order valence-corrected chi connectivity index (χ4v) is 1.97. The van der Waals surface area contributed by atoms with Crippen molar-refractivity contribution in [2.45, 2.75) is 25.6 Å². The molecule has 9 heteroatoms. The molecule has 1 aliphatic heterocycles. The summed E-state index contributed by atoms with van der Waals surface area (Å²) in [5.74, 6) is 0. The van der Waals surface area contributed by atoms with Crippen LogP contribution in [0.3, 0.4) is 0 Å². The van der Waals surface area contributed by atoms with Crippen molar-refractivity contribution >= 4 is 0 Å². The predicted molar refractivity (Wildman–Crippen MR) is 60.4 cm³/mol. The van der Waals surface area contributed by atoms with Gasteiger partial charge in [-0.05, 0) is 17.7 Å². The van der Waals surface area contributed by atoms with Gasteiger partial charge in [0.05, 0.1) is 12.2 Å². The Kier molecular flexibility index (Phi) is 4.18. The Morgan fingerprint density at radius 1 is 1.19 bits per heavy atom. The van der Waals surface area contributed by atoms with E-state index in [-0.39, 0.29) is 17.0 Å². The maximum absolute atomic E-state index is 12.9. The van der Waals surface area contributed by atoms with E-state index in [0.717, 1.165) is 17.2 Å². The van der Waals surface area contributed by atoms with E-state index in [1.807, 2.05) is 0 Å². The molecule has 0 aliphatic carbocycles. The van der Waals surface area contributed by atoms with Gasteiger partial charge in [-0.15, -0.1) is 0 Å². The molecule has 2 rings (SSSR count). The summed E-state index contributed by atoms with van der Waals surface area (Å²) in [5.41, 5.74) is -1.21. The van der Waals surface area contributed by atoms with Crippen LogP contribution in [0.5, 0.6) is 0 Å². The molecule has 1 fully saturated rings. The molecule has 1 unspecified atom stereocenters. The monoisotopic (exact) mass is 314 g/mol. The van der Waals surface area contributed by atoms with Gasteiger partial charge < -0.3 is 0 Å². The van der Waals surface area contributed by atoms with Crippen LogP contribution in [0.15, 0.2) is 24.3 Å². The Labute approximate surface area is 116 Å². The molecule has 21 heavy (non-hydrogen) atoms. The molecule has 0 saturated carbocycles. The standard InChI is InChI=1S/C12H12F6N2O/c1-2-19-7-20(12(16,17)18)10(21-19)8-4-3-5-9(6-8)11(13,14)15/h3-6,10H,2,7H2,1H3. The molecule has 0 N–H and O–H groups in total. The number of rotatable bonds is 2. The molecule has 1 saturated heterocycles. The molecule has 1 aromatic carbocycles. The molecule has 0 radical (unpaired) electrons. The van der Waals surface area contributed by atoms with Crippen LogP contribution in [0.1, 0.15) is 24.3 Å².